The van der Waals surface area contributed by atoms with Crippen molar-refractivity contribution in [1.82, 2.24) is 34.3 Å². The summed E-state index contributed by atoms with van der Waals surface area (Å²) in [5.41, 5.74) is 11.7. The van der Waals surface area contributed by atoms with E-state index in [1.807, 2.05) is 66.2 Å². The number of nitrogens with two attached hydrogens (primary N) is 1. The number of fused-ring (bicyclic) bond motifs is 2. The number of nitrogens with zero attached hydrogens (tertiary/aromatic N) is 7. The highest BCUT2D eigenvalue weighted by atomic mass is 16.5. The number of pyridine rings is 1. The number of imidazole rings is 1. The second-order valence-electron chi connectivity index (χ2n) is 9.33. The molecule has 0 aliphatic heterocycles. The van der Waals surface area contributed by atoms with Crippen LogP contribution < -0.4 is 10.5 Å². The molecule has 1 fully saturated rings. The molecule has 1 aliphatic rings. The SMILES string of the molecule is Cc1cnc2ccc(-c3c(-c4ccco4)nc(N)nc3-n3nnc4cc(OC5CCCC5)ccc43)cn12. The lowest BCUT2D eigenvalue weighted by Gasteiger charge is -2.15. The molecule has 5 aromatic heterocycles. The molecule has 1 saturated carbocycles. The van der Waals surface area contributed by atoms with Gasteiger partial charge in [0.2, 0.25) is 5.95 Å². The molecule has 184 valence electrons. The summed E-state index contributed by atoms with van der Waals surface area (Å²) in [6.45, 7) is 2.01. The van der Waals surface area contributed by atoms with Gasteiger partial charge in [0.15, 0.2) is 11.6 Å². The molecule has 10 nitrogen and oxygen atoms in total. The molecule has 1 aromatic carbocycles. The highest BCUT2D eigenvalue weighted by molar-refractivity contribution is 5.87. The Kier molecular flexibility index (Phi) is 4.91. The maximum atomic E-state index is 6.22. The zero-order valence-electron chi connectivity index (χ0n) is 20.2. The van der Waals surface area contributed by atoms with Crippen molar-refractivity contribution in [3.63, 3.8) is 0 Å². The average molecular weight is 493 g/mol. The molecule has 0 spiro atoms. The van der Waals surface area contributed by atoms with Gasteiger partial charge in [0.1, 0.15) is 22.6 Å². The zero-order valence-corrected chi connectivity index (χ0v) is 20.2. The second-order valence-corrected chi connectivity index (χ2v) is 9.33. The summed E-state index contributed by atoms with van der Waals surface area (Å²) in [5, 5.41) is 8.91. The maximum Gasteiger partial charge on any atom is 0.222 e. The highest BCUT2D eigenvalue weighted by Gasteiger charge is 2.23. The van der Waals surface area contributed by atoms with Crippen molar-refractivity contribution in [3.8, 4) is 34.1 Å². The Hall–Kier alpha value is -4.73. The molecule has 37 heavy (non-hydrogen) atoms. The van der Waals surface area contributed by atoms with Crippen molar-refractivity contribution in [2.75, 3.05) is 5.73 Å². The number of hydrogen-bond donors (Lipinski definition) is 1. The van der Waals surface area contributed by atoms with E-state index in [-0.39, 0.29) is 12.1 Å². The minimum atomic E-state index is 0.106. The number of ether oxygens (including phenoxy) is 1. The Morgan fingerprint density at radius 2 is 1.97 bits per heavy atom. The first-order chi connectivity index (χ1) is 18.1. The largest absolute Gasteiger partial charge is 0.490 e. The summed E-state index contributed by atoms with van der Waals surface area (Å²) in [5.74, 6) is 1.98. The summed E-state index contributed by atoms with van der Waals surface area (Å²) in [6.07, 6.45) is 10.3. The number of aryl methyl sites for hydroxylation is 1. The maximum absolute atomic E-state index is 6.22. The monoisotopic (exact) mass is 492 g/mol. The van der Waals surface area contributed by atoms with Crippen molar-refractivity contribution in [1.29, 1.82) is 0 Å². The van der Waals surface area contributed by atoms with E-state index in [9.17, 15) is 0 Å². The van der Waals surface area contributed by atoms with E-state index in [2.05, 4.69) is 25.3 Å². The summed E-state index contributed by atoms with van der Waals surface area (Å²) in [7, 11) is 0. The van der Waals surface area contributed by atoms with Gasteiger partial charge in [-0.2, -0.15) is 9.67 Å². The summed E-state index contributed by atoms with van der Waals surface area (Å²) >= 11 is 0. The van der Waals surface area contributed by atoms with Gasteiger partial charge >= 0.3 is 0 Å². The Labute approximate surface area is 211 Å². The molecule has 0 amide bonds. The summed E-state index contributed by atoms with van der Waals surface area (Å²) in [4.78, 5) is 13.7. The van der Waals surface area contributed by atoms with Crippen LogP contribution in [0, 0.1) is 6.92 Å². The molecule has 10 heteroatoms. The van der Waals surface area contributed by atoms with E-state index in [0.29, 0.717) is 22.8 Å². The fourth-order valence-electron chi connectivity index (χ4n) is 5.06. The van der Waals surface area contributed by atoms with Crippen LogP contribution in [0.15, 0.2) is 65.5 Å². The van der Waals surface area contributed by atoms with Crippen LogP contribution in [0.25, 0.3) is 45.1 Å². The number of furan rings is 1. The molecule has 0 saturated heterocycles. The van der Waals surface area contributed by atoms with Gasteiger partial charge in [-0.3, -0.25) is 0 Å². The van der Waals surface area contributed by atoms with Crippen LogP contribution in [0.2, 0.25) is 0 Å². The van der Waals surface area contributed by atoms with Crippen molar-refractivity contribution in [3.05, 3.63) is 66.8 Å². The predicted molar refractivity (Wildman–Crippen MR) is 138 cm³/mol. The van der Waals surface area contributed by atoms with Crippen LogP contribution in [0.5, 0.6) is 5.75 Å². The Morgan fingerprint density at radius 1 is 1.08 bits per heavy atom. The fourth-order valence-corrected chi connectivity index (χ4v) is 5.06. The normalized spacial score (nSPS) is 14.2. The van der Waals surface area contributed by atoms with E-state index in [1.54, 1.807) is 10.9 Å². The van der Waals surface area contributed by atoms with E-state index >= 15 is 0 Å². The fraction of sp³-hybridized carbons (Fsp3) is 0.222. The van der Waals surface area contributed by atoms with Gasteiger partial charge in [-0.1, -0.05) is 5.21 Å². The number of aromatic nitrogens is 7. The van der Waals surface area contributed by atoms with Gasteiger partial charge in [0.05, 0.1) is 23.4 Å². The molecule has 0 bridgehead atoms. The quantitative estimate of drug-likeness (QED) is 0.357. The third-order valence-corrected chi connectivity index (χ3v) is 6.86. The molecular weight excluding hydrogens is 468 g/mol. The van der Waals surface area contributed by atoms with Crippen molar-refractivity contribution in [2.24, 2.45) is 0 Å². The zero-order chi connectivity index (χ0) is 24.9. The summed E-state index contributed by atoms with van der Waals surface area (Å²) in [6, 6.07) is 13.4. The topological polar surface area (TPSA) is 122 Å². The molecule has 1 aliphatic carbocycles. The van der Waals surface area contributed by atoms with Crippen molar-refractivity contribution >= 4 is 22.6 Å². The van der Waals surface area contributed by atoms with E-state index < -0.39 is 0 Å². The number of rotatable bonds is 5. The Morgan fingerprint density at radius 3 is 2.81 bits per heavy atom. The summed E-state index contributed by atoms with van der Waals surface area (Å²) < 4.78 is 15.6. The minimum Gasteiger partial charge on any atom is -0.490 e. The second kappa shape index (κ2) is 8.44. The highest BCUT2D eigenvalue weighted by Crippen LogP contribution is 2.37. The molecule has 2 N–H and O–H groups in total. The number of hydrogen-bond acceptors (Lipinski definition) is 8. The van der Waals surface area contributed by atoms with Crippen molar-refractivity contribution < 1.29 is 9.15 Å². The van der Waals surface area contributed by atoms with Gasteiger partial charge in [-0.15, -0.1) is 5.10 Å². The number of anilines is 1. The molecule has 0 unspecified atom stereocenters. The third-order valence-electron chi connectivity index (χ3n) is 6.86. The van der Waals surface area contributed by atoms with Crippen LogP contribution >= 0.6 is 0 Å². The average Bonchev–Trinajstić information content (AvgIpc) is 3.71. The van der Waals surface area contributed by atoms with Gasteiger partial charge in [0.25, 0.3) is 0 Å². The lowest BCUT2D eigenvalue weighted by Crippen LogP contribution is -2.10. The van der Waals surface area contributed by atoms with Crippen LogP contribution in [-0.4, -0.2) is 40.5 Å². The van der Waals surface area contributed by atoms with Gasteiger partial charge in [-0.05, 0) is 69.0 Å². The molecule has 5 heterocycles. The Balaban J connectivity index is 1.43. The number of benzene rings is 1. The van der Waals surface area contributed by atoms with Crippen LogP contribution in [0.4, 0.5) is 5.95 Å². The standard InChI is InChI=1S/C27H24N8O2/c1-16-14-29-23-11-8-17(15-34(16)23)24-25(22-7-4-12-36-22)30-27(28)31-26(24)35-21-10-9-19(13-20(21)32-33-35)37-18-5-2-3-6-18/h4,7-15,18H,2-3,5-6H2,1H3,(H2,28,30,31). The van der Waals surface area contributed by atoms with E-state index in [0.717, 1.165) is 46.6 Å². The Bertz CT molecular complexity index is 1750. The first-order valence-electron chi connectivity index (χ1n) is 12.3. The lowest BCUT2D eigenvalue weighted by molar-refractivity contribution is 0.210. The molecular formula is C27H24N8O2. The third kappa shape index (κ3) is 3.68. The first-order valence-corrected chi connectivity index (χ1v) is 12.3. The first kappa shape index (κ1) is 21.5. The molecule has 7 rings (SSSR count). The minimum absolute atomic E-state index is 0.106. The van der Waals surface area contributed by atoms with Gasteiger partial charge in [0, 0.05) is 29.7 Å². The van der Waals surface area contributed by atoms with E-state index in [4.69, 9.17) is 14.9 Å². The predicted octanol–water partition coefficient (Wildman–Crippen LogP) is 5.00. The lowest BCUT2D eigenvalue weighted by atomic mass is 10.0. The molecule has 0 atom stereocenters. The van der Waals surface area contributed by atoms with Crippen molar-refractivity contribution in [2.45, 2.75) is 38.7 Å². The van der Waals surface area contributed by atoms with Gasteiger partial charge in [-0.25, -0.2) is 9.97 Å². The molecule has 6 aromatic rings. The molecule has 0 radical (unpaired) electrons. The van der Waals surface area contributed by atoms with Crippen LogP contribution in [0.3, 0.4) is 0 Å². The number of nitrogen functional groups attached to an aromatic ring is 1. The van der Waals surface area contributed by atoms with E-state index in [1.165, 1.54) is 12.8 Å². The van der Waals surface area contributed by atoms with Crippen LogP contribution in [-0.2, 0) is 0 Å². The van der Waals surface area contributed by atoms with Gasteiger partial charge < -0.3 is 19.3 Å². The van der Waals surface area contributed by atoms with Crippen LogP contribution in [0.1, 0.15) is 31.4 Å². The smallest absolute Gasteiger partial charge is 0.222 e.